The van der Waals surface area contributed by atoms with E-state index in [1.807, 2.05) is 37.3 Å². The zero-order valence-electron chi connectivity index (χ0n) is 22.6. The molecule has 210 valence electrons. The summed E-state index contributed by atoms with van der Waals surface area (Å²) in [5.74, 6) is 0.793. The van der Waals surface area contributed by atoms with E-state index in [0.29, 0.717) is 0 Å². The van der Waals surface area contributed by atoms with Crippen LogP contribution in [0.2, 0.25) is 0 Å². The molecule has 0 spiro atoms. The highest BCUT2D eigenvalue weighted by Crippen LogP contribution is 2.40. The monoisotopic (exact) mass is 588 g/mol. The van der Waals surface area contributed by atoms with E-state index in [2.05, 4.69) is 77.6 Å². The van der Waals surface area contributed by atoms with Crippen LogP contribution in [0, 0.1) is 20.8 Å². The molecule has 8 heteroatoms. The molecule has 1 aliphatic heterocycles. The number of hydrogen-bond donors (Lipinski definition) is 3. The van der Waals surface area contributed by atoms with Gasteiger partial charge in [0, 0.05) is 43.4 Å². The molecule has 0 bridgehead atoms. The van der Waals surface area contributed by atoms with Crippen LogP contribution < -0.4 is 5.32 Å². The van der Waals surface area contributed by atoms with Gasteiger partial charge < -0.3 is 15.4 Å². The number of aryl methyl sites for hydroxylation is 3. The van der Waals surface area contributed by atoms with Crippen molar-refractivity contribution in [2.75, 3.05) is 26.2 Å². The molecule has 39 heavy (non-hydrogen) atoms. The largest absolute Gasteiger partial charge is 0.385 e. The lowest BCUT2D eigenvalue weighted by molar-refractivity contribution is 0.0293. The van der Waals surface area contributed by atoms with Crippen LogP contribution in [0.1, 0.15) is 45.7 Å². The first-order chi connectivity index (χ1) is 17.5. The molecule has 1 aliphatic rings. The second kappa shape index (κ2) is 14.8. The molecule has 3 N–H and O–H groups in total. The van der Waals surface area contributed by atoms with Crippen LogP contribution in [0.15, 0.2) is 78.9 Å². The number of aliphatic hydroxyl groups is 1. The van der Waals surface area contributed by atoms with Gasteiger partial charge in [-0.15, -0.1) is 37.2 Å². The smallest absolute Gasteiger partial charge is 0.137 e. The molecule has 0 saturated carbocycles. The van der Waals surface area contributed by atoms with Crippen molar-refractivity contribution in [1.82, 2.24) is 20.2 Å². The van der Waals surface area contributed by atoms with Gasteiger partial charge in [0.1, 0.15) is 11.9 Å². The van der Waals surface area contributed by atoms with Crippen molar-refractivity contribution in [1.29, 1.82) is 0 Å². The Kier molecular flexibility index (Phi) is 12.5. The maximum atomic E-state index is 12.2. The van der Waals surface area contributed by atoms with Gasteiger partial charge in [0.05, 0.1) is 11.7 Å². The number of benzene rings is 3. The van der Waals surface area contributed by atoms with Gasteiger partial charge in [0.25, 0.3) is 0 Å². The zero-order chi connectivity index (χ0) is 25.1. The van der Waals surface area contributed by atoms with E-state index in [4.69, 9.17) is 4.98 Å². The third-order valence-corrected chi connectivity index (χ3v) is 7.54. The Morgan fingerprint density at radius 3 is 1.79 bits per heavy atom. The van der Waals surface area contributed by atoms with Crippen LogP contribution in [-0.2, 0) is 0 Å². The second-order valence-corrected chi connectivity index (χ2v) is 9.87. The standard InChI is InChI=1S/C31H36N4O.3ClH/c1-21-11-7-9-15-25(21)27(26-16-10-8-12-22(26)2)29(35-19-17-32-18-20-35)30(36)28-23(3)33-31(34-28)24-13-5-4-6-14-24;;;/h4-16,27,29-30,32,36H,17-20H2,1-3H3,(H,33,34);3*1H. The highest BCUT2D eigenvalue weighted by Gasteiger charge is 2.39. The van der Waals surface area contributed by atoms with Gasteiger partial charge in [-0.1, -0.05) is 78.9 Å². The normalized spacial score (nSPS) is 15.0. The summed E-state index contributed by atoms with van der Waals surface area (Å²) in [5, 5.41) is 15.7. The maximum absolute atomic E-state index is 12.2. The second-order valence-electron chi connectivity index (χ2n) is 9.87. The summed E-state index contributed by atoms with van der Waals surface area (Å²) >= 11 is 0. The number of aromatic nitrogens is 2. The van der Waals surface area contributed by atoms with Crippen LogP contribution in [0.4, 0.5) is 0 Å². The molecule has 3 aromatic carbocycles. The first kappa shape index (κ1) is 32.8. The lowest BCUT2D eigenvalue weighted by atomic mass is 9.77. The number of aliphatic hydroxyl groups excluding tert-OH is 1. The summed E-state index contributed by atoms with van der Waals surface area (Å²) in [4.78, 5) is 10.9. The number of nitrogens with zero attached hydrogens (tertiary/aromatic N) is 2. The van der Waals surface area contributed by atoms with Gasteiger partial charge in [0.2, 0.25) is 0 Å². The fraction of sp³-hybridized carbons (Fsp3) is 0.323. The Balaban J connectivity index is 0.00000178. The van der Waals surface area contributed by atoms with Crippen molar-refractivity contribution in [2.45, 2.75) is 38.8 Å². The summed E-state index contributed by atoms with van der Waals surface area (Å²) in [6.45, 7) is 9.95. The Labute approximate surface area is 250 Å². The maximum Gasteiger partial charge on any atom is 0.137 e. The van der Waals surface area contributed by atoms with Crippen LogP contribution in [-0.4, -0.2) is 52.2 Å². The molecule has 1 saturated heterocycles. The molecule has 5 rings (SSSR count). The van der Waals surface area contributed by atoms with Gasteiger partial charge in [-0.2, -0.15) is 0 Å². The van der Waals surface area contributed by atoms with E-state index >= 15 is 0 Å². The summed E-state index contributed by atoms with van der Waals surface area (Å²) < 4.78 is 0. The molecule has 1 aromatic heterocycles. The zero-order valence-corrected chi connectivity index (χ0v) is 25.1. The van der Waals surface area contributed by atoms with Crippen molar-refractivity contribution in [3.8, 4) is 11.4 Å². The average molecular weight is 590 g/mol. The predicted octanol–water partition coefficient (Wildman–Crippen LogP) is 6.41. The molecule has 4 aromatic rings. The number of rotatable bonds is 7. The third kappa shape index (κ3) is 7.04. The van der Waals surface area contributed by atoms with E-state index in [1.165, 1.54) is 22.3 Å². The Bertz CT molecular complexity index is 1260. The first-order valence-electron chi connectivity index (χ1n) is 12.9. The number of aromatic amines is 1. The van der Waals surface area contributed by atoms with E-state index in [-0.39, 0.29) is 49.2 Å². The Morgan fingerprint density at radius 1 is 0.744 bits per heavy atom. The molecule has 2 heterocycles. The SMILES string of the molecule is Cc1ccccc1C(c1ccccc1C)C(C(O)c1nc(-c2ccccc2)[nH]c1C)N1CCNCC1.Cl.Cl.Cl. The van der Waals surface area contributed by atoms with Crippen LogP contribution >= 0.6 is 37.2 Å². The number of hydrogen-bond acceptors (Lipinski definition) is 4. The van der Waals surface area contributed by atoms with Gasteiger partial charge >= 0.3 is 0 Å². The van der Waals surface area contributed by atoms with Crippen molar-refractivity contribution in [3.05, 3.63) is 113 Å². The van der Waals surface area contributed by atoms with Gasteiger partial charge in [-0.05, 0) is 43.0 Å². The molecule has 0 amide bonds. The van der Waals surface area contributed by atoms with E-state index in [0.717, 1.165) is 49.0 Å². The topological polar surface area (TPSA) is 64.2 Å². The van der Waals surface area contributed by atoms with E-state index in [1.54, 1.807) is 0 Å². The quantitative estimate of drug-likeness (QED) is 0.233. The van der Waals surface area contributed by atoms with Crippen molar-refractivity contribution >= 4 is 37.2 Å². The van der Waals surface area contributed by atoms with Crippen molar-refractivity contribution in [3.63, 3.8) is 0 Å². The van der Waals surface area contributed by atoms with Crippen LogP contribution in [0.25, 0.3) is 11.4 Å². The van der Waals surface area contributed by atoms with Gasteiger partial charge in [-0.3, -0.25) is 4.90 Å². The Morgan fingerprint density at radius 2 is 1.26 bits per heavy atom. The summed E-state index contributed by atoms with van der Waals surface area (Å²) in [6.07, 6.45) is -0.763. The fourth-order valence-electron chi connectivity index (χ4n) is 5.64. The molecular formula is C31H39Cl3N4O. The number of halogens is 3. The van der Waals surface area contributed by atoms with Crippen molar-refractivity contribution in [2.24, 2.45) is 0 Å². The first-order valence-corrected chi connectivity index (χ1v) is 12.9. The van der Waals surface area contributed by atoms with Gasteiger partial charge in [0.15, 0.2) is 0 Å². The number of nitrogens with one attached hydrogen (secondary N) is 2. The van der Waals surface area contributed by atoms with E-state index < -0.39 is 6.10 Å². The summed E-state index contributed by atoms with van der Waals surface area (Å²) in [6, 6.07) is 27.2. The molecule has 2 unspecified atom stereocenters. The molecule has 0 radical (unpaired) electrons. The fourth-order valence-corrected chi connectivity index (χ4v) is 5.64. The number of imidazole rings is 1. The minimum absolute atomic E-state index is 0. The molecule has 5 nitrogen and oxygen atoms in total. The predicted molar refractivity (Wildman–Crippen MR) is 168 cm³/mol. The molecule has 2 atom stereocenters. The highest BCUT2D eigenvalue weighted by atomic mass is 35.5. The average Bonchev–Trinajstić information content (AvgIpc) is 3.31. The molecular weight excluding hydrogens is 551 g/mol. The highest BCUT2D eigenvalue weighted by molar-refractivity contribution is 5.86. The summed E-state index contributed by atoms with van der Waals surface area (Å²) in [5.41, 5.74) is 7.65. The van der Waals surface area contributed by atoms with Crippen LogP contribution in [0.3, 0.4) is 0 Å². The minimum Gasteiger partial charge on any atom is -0.385 e. The molecule has 0 aliphatic carbocycles. The lowest BCUT2D eigenvalue weighted by Gasteiger charge is -2.42. The van der Waals surface area contributed by atoms with Gasteiger partial charge in [-0.25, -0.2) is 4.98 Å². The number of piperazine rings is 1. The van der Waals surface area contributed by atoms with Crippen molar-refractivity contribution < 1.29 is 5.11 Å². The van der Waals surface area contributed by atoms with Crippen LogP contribution in [0.5, 0.6) is 0 Å². The number of H-pyrrole nitrogens is 1. The third-order valence-electron chi connectivity index (χ3n) is 7.54. The van der Waals surface area contributed by atoms with E-state index in [9.17, 15) is 5.11 Å². The molecule has 1 fully saturated rings. The Hall–Kier alpha value is -2.38. The lowest BCUT2D eigenvalue weighted by Crippen LogP contribution is -2.53. The summed E-state index contributed by atoms with van der Waals surface area (Å²) in [7, 11) is 0. The minimum atomic E-state index is -0.763.